The quantitative estimate of drug-likeness (QED) is 0.735. The Morgan fingerprint density at radius 2 is 2.14 bits per heavy atom. The van der Waals surface area contributed by atoms with Crippen LogP contribution < -0.4 is 5.73 Å². The molecular formula is C15H17N5O2. The number of aryl methyl sites for hydroxylation is 2. The first-order valence-corrected chi connectivity index (χ1v) is 7.12. The summed E-state index contributed by atoms with van der Waals surface area (Å²) in [5.74, 6) is 0.200. The molecule has 0 aliphatic rings. The minimum atomic E-state index is -0.232. The molecule has 7 heteroatoms. The maximum Gasteiger partial charge on any atom is 0.306 e. The van der Waals surface area contributed by atoms with Crippen LogP contribution in [0.5, 0.6) is 0 Å². The van der Waals surface area contributed by atoms with E-state index in [1.54, 1.807) is 13.1 Å². The number of aromatic nitrogens is 4. The fraction of sp³-hybridized carbons (Fsp3) is 0.333. The molecule has 2 heterocycles. The van der Waals surface area contributed by atoms with Crippen molar-refractivity contribution in [3.63, 3.8) is 0 Å². The highest BCUT2D eigenvalue weighted by molar-refractivity contribution is 6.01. The van der Waals surface area contributed by atoms with Crippen LogP contribution >= 0.6 is 0 Å². The van der Waals surface area contributed by atoms with Crippen LogP contribution in [0.4, 0.5) is 5.95 Å². The van der Waals surface area contributed by atoms with Crippen molar-refractivity contribution in [2.45, 2.75) is 19.8 Å². The third-order valence-corrected chi connectivity index (χ3v) is 3.54. The summed E-state index contributed by atoms with van der Waals surface area (Å²) in [5.41, 5.74) is 9.67. The predicted molar refractivity (Wildman–Crippen MR) is 83.2 cm³/mol. The van der Waals surface area contributed by atoms with Gasteiger partial charge in [0.2, 0.25) is 5.95 Å². The zero-order valence-corrected chi connectivity index (χ0v) is 12.5. The summed E-state index contributed by atoms with van der Waals surface area (Å²) in [6.45, 7) is 2.17. The van der Waals surface area contributed by atoms with E-state index in [2.05, 4.69) is 15.0 Å². The molecule has 0 atom stereocenters. The highest BCUT2D eigenvalue weighted by Gasteiger charge is 2.12. The molecule has 3 rings (SSSR count). The van der Waals surface area contributed by atoms with Crippen LogP contribution in [0.2, 0.25) is 0 Å². The van der Waals surface area contributed by atoms with Crippen LogP contribution in [0.3, 0.4) is 0 Å². The number of fused-ring (bicyclic) bond motifs is 3. The number of imidazole rings is 1. The number of anilines is 1. The molecule has 0 saturated heterocycles. The van der Waals surface area contributed by atoms with E-state index < -0.39 is 0 Å². The fourth-order valence-electron chi connectivity index (χ4n) is 2.37. The Labute approximate surface area is 127 Å². The van der Waals surface area contributed by atoms with Crippen molar-refractivity contribution in [1.82, 2.24) is 19.5 Å². The van der Waals surface area contributed by atoms with Crippen LogP contribution in [0.25, 0.3) is 22.1 Å². The Kier molecular flexibility index (Phi) is 3.62. The van der Waals surface area contributed by atoms with Crippen LogP contribution in [0.1, 0.15) is 19.0 Å². The van der Waals surface area contributed by atoms with Gasteiger partial charge in [-0.1, -0.05) is 0 Å². The van der Waals surface area contributed by atoms with E-state index in [4.69, 9.17) is 10.5 Å². The number of benzene rings is 1. The number of esters is 1. The molecule has 0 amide bonds. The molecule has 2 N–H and O–H groups in total. The number of rotatable bonds is 4. The van der Waals surface area contributed by atoms with E-state index in [0.29, 0.717) is 24.5 Å². The van der Waals surface area contributed by atoms with Crippen molar-refractivity contribution in [1.29, 1.82) is 0 Å². The molecule has 22 heavy (non-hydrogen) atoms. The van der Waals surface area contributed by atoms with E-state index in [-0.39, 0.29) is 12.4 Å². The Morgan fingerprint density at radius 1 is 1.32 bits per heavy atom. The highest BCUT2D eigenvalue weighted by Crippen LogP contribution is 2.23. The number of ether oxygens (including phenoxy) is 1. The second-order valence-corrected chi connectivity index (χ2v) is 5.00. The topological polar surface area (TPSA) is 95.9 Å². The van der Waals surface area contributed by atoms with Gasteiger partial charge in [0.25, 0.3) is 0 Å². The number of nitrogens with zero attached hydrogens (tertiary/aromatic N) is 4. The summed E-state index contributed by atoms with van der Waals surface area (Å²) in [4.78, 5) is 24.8. The lowest BCUT2D eigenvalue weighted by atomic mass is 10.2. The lowest BCUT2D eigenvalue weighted by Gasteiger charge is -2.04. The van der Waals surface area contributed by atoms with Crippen molar-refractivity contribution in [3.05, 3.63) is 24.0 Å². The number of nitrogen functional groups attached to an aromatic ring is 1. The summed E-state index contributed by atoms with van der Waals surface area (Å²) >= 11 is 0. The number of nitrogens with two attached hydrogens (primary N) is 1. The van der Waals surface area contributed by atoms with Gasteiger partial charge in [-0.3, -0.25) is 9.78 Å². The van der Waals surface area contributed by atoms with Gasteiger partial charge in [0.1, 0.15) is 11.0 Å². The molecule has 0 aliphatic carbocycles. The maximum atomic E-state index is 11.4. The molecule has 3 aromatic rings. The largest absolute Gasteiger partial charge is 0.466 e. The Hall–Kier alpha value is -2.70. The Bertz CT molecular complexity index is 856. The molecule has 0 bridgehead atoms. The number of carbonyl (C=O) groups excluding carboxylic acids is 1. The second-order valence-electron chi connectivity index (χ2n) is 5.00. The van der Waals surface area contributed by atoms with Gasteiger partial charge < -0.3 is 15.0 Å². The molecule has 0 unspecified atom stereocenters. The number of hydrogen-bond donors (Lipinski definition) is 1. The minimum Gasteiger partial charge on any atom is -0.466 e. The van der Waals surface area contributed by atoms with Crippen molar-refractivity contribution in [2.75, 3.05) is 12.3 Å². The third-order valence-electron chi connectivity index (χ3n) is 3.54. The van der Waals surface area contributed by atoms with Gasteiger partial charge in [-0.2, -0.15) is 0 Å². The molecule has 0 fully saturated rings. The fourth-order valence-corrected chi connectivity index (χ4v) is 2.37. The summed E-state index contributed by atoms with van der Waals surface area (Å²) in [6.07, 6.45) is 2.45. The smallest absolute Gasteiger partial charge is 0.306 e. The van der Waals surface area contributed by atoms with Crippen molar-refractivity contribution >= 4 is 34.0 Å². The first-order valence-electron chi connectivity index (χ1n) is 7.12. The third kappa shape index (κ3) is 2.45. The molecule has 0 radical (unpaired) electrons. The summed E-state index contributed by atoms with van der Waals surface area (Å²) in [6, 6.07) is 3.81. The van der Waals surface area contributed by atoms with E-state index >= 15 is 0 Å². The van der Waals surface area contributed by atoms with Crippen LogP contribution in [-0.2, 0) is 23.0 Å². The lowest BCUT2D eigenvalue weighted by Crippen LogP contribution is -2.06. The summed E-state index contributed by atoms with van der Waals surface area (Å²) in [7, 11) is 1.86. The van der Waals surface area contributed by atoms with Gasteiger partial charge >= 0.3 is 5.97 Å². The van der Waals surface area contributed by atoms with Crippen molar-refractivity contribution in [2.24, 2.45) is 7.05 Å². The van der Waals surface area contributed by atoms with Gasteiger partial charge in [-0.05, 0) is 19.1 Å². The van der Waals surface area contributed by atoms with E-state index in [1.165, 1.54) is 0 Å². The predicted octanol–water partition coefficient (Wildman–Crippen LogP) is 1.59. The van der Waals surface area contributed by atoms with Crippen LogP contribution in [0.15, 0.2) is 18.3 Å². The van der Waals surface area contributed by atoms with Crippen molar-refractivity contribution < 1.29 is 9.53 Å². The Balaban J connectivity index is 1.99. The standard InChI is InChI=1S/C15H17N5O2/c1-3-22-12(21)7-4-9-8-17-10-5-6-11-14(13(10)18-9)19-15(16)20(11)2/h5-6,8H,3-4,7H2,1-2H3,(H2,16,19). The highest BCUT2D eigenvalue weighted by atomic mass is 16.5. The minimum absolute atomic E-state index is 0.232. The molecule has 0 spiro atoms. The lowest BCUT2D eigenvalue weighted by molar-refractivity contribution is -0.143. The normalized spacial score (nSPS) is 11.2. The first-order chi connectivity index (χ1) is 10.6. The van der Waals surface area contributed by atoms with Crippen LogP contribution in [0, 0.1) is 0 Å². The molecule has 2 aromatic heterocycles. The average Bonchev–Trinajstić information content (AvgIpc) is 2.81. The summed E-state index contributed by atoms with van der Waals surface area (Å²) < 4.78 is 6.73. The van der Waals surface area contributed by atoms with Gasteiger partial charge in [-0.25, -0.2) is 9.97 Å². The maximum absolute atomic E-state index is 11.4. The molecule has 1 aromatic carbocycles. The van der Waals surface area contributed by atoms with Gasteiger partial charge in [0.05, 0.1) is 29.8 Å². The number of carbonyl (C=O) groups is 1. The summed E-state index contributed by atoms with van der Waals surface area (Å²) in [5, 5.41) is 0. The first kappa shape index (κ1) is 14.2. The SMILES string of the molecule is CCOC(=O)CCc1cnc2ccc3c(nc(N)n3C)c2n1. The molecule has 114 valence electrons. The molecule has 0 aliphatic heterocycles. The van der Waals surface area contributed by atoms with E-state index in [9.17, 15) is 4.79 Å². The van der Waals surface area contributed by atoms with Crippen molar-refractivity contribution in [3.8, 4) is 0 Å². The Morgan fingerprint density at radius 3 is 2.91 bits per heavy atom. The van der Waals surface area contributed by atoms with E-state index in [0.717, 1.165) is 22.2 Å². The second kappa shape index (κ2) is 5.59. The van der Waals surface area contributed by atoms with Gasteiger partial charge in [0, 0.05) is 19.7 Å². The van der Waals surface area contributed by atoms with Crippen LogP contribution in [-0.4, -0.2) is 32.1 Å². The average molecular weight is 299 g/mol. The monoisotopic (exact) mass is 299 g/mol. The van der Waals surface area contributed by atoms with Gasteiger partial charge in [-0.15, -0.1) is 0 Å². The van der Waals surface area contributed by atoms with Gasteiger partial charge in [0.15, 0.2) is 0 Å². The zero-order chi connectivity index (χ0) is 15.7. The molecule has 0 saturated carbocycles. The molecule has 7 nitrogen and oxygen atoms in total. The zero-order valence-electron chi connectivity index (χ0n) is 12.5. The van der Waals surface area contributed by atoms with E-state index in [1.807, 2.05) is 23.7 Å². The number of hydrogen-bond acceptors (Lipinski definition) is 6. The molecular weight excluding hydrogens is 282 g/mol.